The highest BCUT2D eigenvalue weighted by molar-refractivity contribution is 7.09. The Balaban J connectivity index is 2.03. The van der Waals surface area contributed by atoms with Gasteiger partial charge in [0.2, 0.25) is 0 Å². The molecule has 4 nitrogen and oxygen atoms in total. The van der Waals surface area contributed by atoms with Crippen LogP contribution >= 0.6 is 11.3 Å². The summed E-state index contributed by atoms with van der Waals surface area (Å²) in [5, 5.41) is 14.7. The Kier molecular flexibility index (Phi) is 3.81. The number of hydrogen-bond donors (Lipinski definition) is 2. The molecule has 94 valence electrons. The molecule has 17 heavy (non-hydrogen) atoms. The van der Waals surface area contributed by atoms with Crippen LogP contribution in [0.3, 0.4) is 0 Å². The molecule has 0 radical (unpaired) electrons. The van der Waals surface area contributed by atoms with E-state index in [0.717, 1.165) is 13.0 Å². The second-order valence-electron chi connectivity index (χ2n) is 4.66. The Morgan fingerprint density at radius 1 is 1.71 bits per heavy atom. The first kappa shape index (κ1) is 12.5. The Bertz CT molecular complexity index is 380. The topological polar surface area (TPSA) is 52.6 Å². The summed E-state index contributed by atoms with van der Waals surface area (Å²) in [7, 11) is 1.98. The zero-order chi connectivity index (χ0) is 12.3. The van der Waals surface area contributed by atoms with Gasteiger partial charge in [-0.25, -0.2) is 0 Å². The molecule has 1 aliphatic heterocycles. The van der Waals surface area contributed by atoms with Gasteiger partial charge in [-0.3, -0.25) is 10.1 Å². The van der Waals surface area contributed by atoms with E-state index in [2.05, 4.69) is 10.2 Å². The smallest absolute Gasteiger partial charge is 0.325 e. The number of aliphatic carboxylic acids is 1. The summed E-state index contributed by atoms with van der Waals surface area (Å²) in [6.07, 6.45) is 1.64. The number of likely N-dealkylation sites (tertiary alicyclic amines) is 1. The lowest BCUT2D eigenvalue weighted by Gasteiger charge is -2.38. The summed E-state index contributed by atoms with van der Waals surface area (Å²) < 4.78 is 0. The standard InChI is InChI=1S/C12H18N2O2S/c1-14-6-3-5-12(9-14,11(15)16)13-8-10-4-2-7-17-10/h2,4,7,13H,3,5-6,8-9H2,1H3,(H,15,16). The number of hydrogen-bond acceptors (Lipinski definition) is 4. The number of rotatable bonds is 4. The van der Waals surface area contributed by atoms with Crippen molar-refractivity contribution in [3.63, 3.8) is 0 Å². The van der Waals surface area contributed by atoms with Gasteiger partial charge in [0.1, 0.15) is 5.54 Å². The Morgan fingerprint density at radius 2 is 2.53 bits per heavy atom. The Morgan fingerprint density at radius 3 is 3.12 bits per heavy atom. The summed E-state index contributed by atoms with van der Waals surface area (Å²) in [5.41, 5.74) is -0.781. The SMILES string of the molecule is CN1CCCC(NCc2cccs2)(C(=O)O)C1. The van der Waals surface area contributed by atoms with E-state index in [9.17, 15) is 9.90 Å². The quantitative estimate of drug-likeness (QED) is 0.852. The van der Waals surface area contributed by atoms with E-state index in [0.29, 0.717) is 19.5 Å². The van der Waals surface area contributed by atoms with Crippen LogP contribution in [0.2, 0.25) is 0 Å². The second kappa shape index (κ2) is 5.16. The first-order valence-corrected chi connectivity index (χ1v) is 6.70. The van der Waals surface area contributed by atoms with E-state index < -0.39 is 11.5 Å². The average molecular weight is 254 g/mol. The molecule has 1 unspecified atom stereocenters. The lowest BCUT2D eigenvalue weighted by Crippen LogP contribution is -2.60. The predicted molar refractivity (Wildman–Crippen MR) is 68.3 cm³/mol. The Labute approximate surface area is 105 Å². The zero-order valence-electron chi connectivity index (χ0n) is 9.98. The van der Waals surface area contributed by atoms with Gasteiger partial charge in [0.15, 0.2) is 0 Å². The summed E-state index contributed by atoms with van der Waals surface area (Å²) in [5.74, 6) is -0.736. The van der Waals surface area contributed by atoms with Crippen molar-refractivity contribution in [2.45, 2.75) is 24.9 Å². The van der Waals surface area contributed by atoms with Crippen LogP contribution in [0.15, 0.2) is 17.5 Å². The van der Waals surface area contributed by atoms with Gasteiger partial charge >= 0.3 is 5.97 Å². The van der Waals surface area contributed by atoms with Crippen LogP contribution in [0.5, 0.6) is 0 Å². The highest BCUT2D eigenvalue weighted by Gasteiger charge is 2.41. The van der Waals surface area contributed by atoms with Crippen LogP contribution in [-0.4, -0.2) is 41.7 Å². The molecule has 0 amide bonds. The van der Waals surface area contributed by atoms with Crippen LogP contribution in [0, 0.1) is 0 Å². The highest BCUT2D eigenvalue weighted by Crippen LogP contribution is 2.22. The molecule has 1 saturated heterocycles. The van der Waals surface area contributed by atoms with Gasteiger partial charge in [-0.1, -0.05) is 6.07 Å². The summed E-state index contributed by atoms with van der Waals surface area (Å²) in [6.45, 7) is 2.20. The molecule has 2 heterocycles. The number of nitrogens with one attached hydrogen (secondary N) is 1. The molecule has 0 saturated carbocycles. The van der Waals surface area contributed by atoms with E-state index in [-0.39, 0.29) is 0 Å². The molecule has 0 spiro atoms. The molecule has 1 atom stereocenters. The first-order chi connectivity index (χ1) is 8.12. The number of piperidine rings is 1. The summed E-state index contributed by atoms with van der Waals surface area (Å²) in [6, 6.07) is 4.02. The van der Waals surface area contributed by atoms with Gasteiger partial charge in [-0.15, -0.1) is 11.3 Å². The maximum absolute atomic E-state index is 11.5. The van der Waals surface area contributed by atoms with Crippen molar-refractivity contribution in [1.29, 1.82) is 0 Å². The van der Waals surface area contributed by atoms with Crippen LogP contribution in [0.4, 0.5) is 0 Å². The minimum absolute atomic E-state index is 0.577. The molecule has 5 heteroatoms. The fourth-order valence-electron chi connectivity index (χ4n) is 2.33. The minimum atomic E-state index is -0.781. The molecule has 1 fully saturated rings. The van der Waals surface area contributed by atoms with Gasteiger partial charge in [0.05, 0.1) is 0 Å². The fraction of sp³-hybridized carbons (Fsp3) is 0.583. The van der Waals surface area contributed by atoms with Gasteiger partial charge < -0.3 is 10.0 Å². The lowest BCUT2D eigenvalue weighted by atomic mass is 9.89. The van der Waals surface area contributed by atoms with E-state index in [4.69, 9.17) is 0 Å². The van der Waals surface area contributed by atoms with Crippen molar-refractivity contribution in [1.82, 2.24) is 10.2 Å². The maximum Gasteiger partial charge on any atom is 0.325 e. The van der Waals surface area contributed by atoms with Gasteiger partial charge in [0.25, 0.3) is 0 Å². The lowest BCUT2D eigenvalue weighted by molar-refractivity contribution is -0.147. The van der Waals surface area contributed by atoms with Crippen molar-refractivity contribution in [2.75, 3.05) is 20.1 Å². The number of carboxylic acids is 1. The zero-order valence-corrected chi connectivity index (χ0v) is 10.8. The third-order valence-corrected chi connectivity index (χ3v) is 4.15. The largest absolute Gasteiger partial charge is 0.480 e. The number of carbonyl (C=O) groups is 1. The fourth-order valence-corrected chi connectivity index (χ4v) is 2.98. The van der Waals surface area contributed by atoms with Gasteiger partial charge in [0, 0.05) is 18.0 Å². The average Bonchev–Trinajstić information content (AvgIpc) is 2.79. The van der Waals surface area contributed by atoms with Gasteiger partial charge in [-0.2, -0.15) is 0 Å². The van der Waals surface area contributed by atoms with Crippen molar-refractivity contribution in [3.8, 4) is 0 Å². The second-order valence-corrected chi connectivity index (χ2v) is 5.69. The van der Waals surface area contributed by atoms with Crippen LogP contribution in [-0.2, 0) is 11.3 Å². The number of carboxylic acid groups (broad SMARTS) is 1. The molecular formula is C12H18N2O2S. The van der Waals surface area contributed by atoms with Crippen LogP contribution < -0.4 is 5.32 Å². The monoisotopic (exact) mass is 254 g/mol. The van der Waals surface area contributed by atoms with Gasteiger partial charge in [-0.05, 0) is 37.9 Å². The molecule has 1 aromatic rings. The molecular weight excluding hydrogens is 236 g/mol. The van der Waals surface area contributed by atoms with Crippen molar-refractivity contribution in [2.24, 2.45) is 0 Å². The predicted octanol–water partition coefficient (Wildman–Crippen LogP) is 1.39. The Hall–Kier alpha value is -0.910. The molecule has 0 aromatic carbocycles. The molecule has 1 aromatic heterocycles. The van der Waals surface area contributed by atoms with Crippen molar-refractivity contribution >= 4 is 17.3 Å². The highest BCUT2D eigenvalue weighted by atomic mass is 32.1. The van der Waals surface area contributed by atoms with E-state index in [1.807, 2.05) is 24.6 Å². The van der Waals surface area contributed by atoms with E-state index >= 15 is 0 Å². The molecule has 1 aliphatic rings. The summed E-state index contributed by atoms with van der Waals surface area (Å²) in [4.78, 5) is 14.8. The van der Waals surface area contributed by atoms with Crippen LogP contribution in [0.25, 0.3) is 0 Å². The minimum Gasteiger partial charge on any atom is -0.480 e. The third-order valence-electron chi connectivity index (χ3n) is 3.27. The maximum atomic E-state index is 11.5. The molecule has 0 bridgehead atoms. The normalized spacial score (nSPS) is 25.9. The first-order valence-electron chi connectivity index (χ1n) is 5.82. The van der Waals surface area contributed by atoms with E-state index in [1.165, 1.54) is 4.88 Å². The number of thiophene rings is 1. The number of nitrogens with zero attached hydrogens (tertiary/aromatic N) is 1. The molecule has 2 rings (SSSR count). The van der Waals surface area contributed by atoms with E-state index in [1.54, 1.807) is 11.3 Å². The third kappa shape index (κ3) is 2.86. The van der Waals surface area contributed by atoms with Crippen LogP contribution in [0.1, 0.15) is 17.7 Å². The molecule has 2 N–H and O–H groups in total. The van der Waals surface area contributed by atoms with Crippen molar-refractivity contribution < 1.29 is 9.90 Å². The number of likely N-dealkylation sites (N-methyl/N-ethyl adjacent to an activating group) is 1. The summed E-state index contributed by atoms with van der Waals surface area (Å²) >= 11 is 1.65. The molecule has 0 aliphatic carbocycles. The van der Waals surface area contributed by atoms with Crippen molar-refractivity contribution in [3.05, 3.63) is 22.4 Å².